The summed E-state index contributed by atoms with van der Waals surface area (Å²) < 4.78 is 25.7. The van der Waals surface area contributed by atoms with Crippen molar-refractivity contribution in [3.8, 4) is 11.5 Å². The molecular weight excluding hydrogens is 457 g/mol. The van der Waals surface area contributed by atoms with Crippen LogP contribution in [0.3, 0.4) is 0 Å². The van der Waals surface area contributed by atoms with Crippen LogP contribution in [0.25, 0.3) is 0 Å². The summed E-state index contributed by atoms with van der Waals surface area (Å²) in [6, 6.07) is 23.9. The quantitative estimate of drug-likeness (QED) is 0.382. The van der Waals surface area contributed by atoms with Crippen molar-refractivity contribution in [2.45, 2.75) is 50.2 Å². The predicted molar refractivity (Wildman–Crippen MR) is 138 cm³/mol. The summed E-state index contributed by atoms with van der Waals surface area (Å²) in [4.78, 5) is 15.2. The lowest BCUT2D eigenvalue weighted by molar-refractivity contribution is -0.142. The molecule has 3 aromatic rings. The molecule has 0 unspecified atom stereocenters. The topological polar surface area (TPSA) is 59.0 Å². The maximum Gasteiger partial charge on any atom is 0.318 e. The number of benzene rings is 3. The summed E-state index contributed by atoms with van der Waals surface area (Å²) in [7, 11) is 1.43. The maximum absolute atomic E-state index is 14.6. The van der Waals surface area contributed by atoms with Gasteiger partial charge in [-0.3, -0.25) is 9.69 Å². The molecule has 0 saturated carbocycles. The van der Waals surface area contributed by atoms with E-state index in [4.69, 9.17) is 9.47 Å². The summed E-state index contributed by atoms with van der Waals surface area (Å²) in [5.41, 5.74) is 0.111. The molecule has 0 spiro atoms. The molecule has 190 valence electrons. The van der Waals surface area contributed by atoms with E-state index in [9.17, 15) is 14.3 Å². The number of methoxy groups -OCH3 is 1. The molecule has 1 fully saturated rings. The van der Waals surface area contributed by atoms with Crippen LogP contribution in [-0.4, -0.2) is 47.8 Å². The Kier molecular flexibility index (Phi) is 7.65. The van der Waals surface area contributed by atoms with E-state index in [1.807, 2.05) is 60.7 Å². The molecule has 0 bridgehead atoms. The third-order valence-electron chi connectivity index (χ3n) is 7.45. The fourth-order valence-electron chi connectivity index (χ4n) is 5.20. The van der Waals surface area contributed by atoms with Crippen molar-refractivity contribution in [2.24, 2.45) is 0 Å². The van der Waals surface area contributed by atoms with Crippen LogP contribution in [0.2, 0.25) is 0 Å². The predicted octanol–water partition coefficient (Wildman–Crippen LogP) is 5.92. The monoisotopic (exact) mass is 491 g/mol. The minimum atomic E-state index is -1.15. The number of carboxylic acid groups (broad SMARTS) is 1. The average molecular weight is 492 g/mol. The van der Waals surface area contributed by atoms with E-state index in [1.54, 1.807) is 18.2 Å². The molecule has 0 radical (unpaired) electrons. The van der Waals surface area contributed by atoms with Crippen LogP contribution < -0.4 is 9.47 Å². The Morgan fingerprint density at radius 1 is 0.944 bits per heavy atom. The molecule has 3 aromatic carbocycles. The van der Waals surface area contributed by atoms with Gasteiger partial charge in [0.2, 0.25) is 5.82 Å². The van der Waals surface area contributed by atoms with Gasteiger partial charge in [0.05, 0.1) is 7.11 Å². The highest BCUT2D eigenvalue weighted by molar-refractivity contribution is 5.86. The largest absolute Gasteiger partial charge is 0.494 e. The summed E-state index contributed by atoms with van der Waals surface area (Å²) in [5, 5.41) is 10.6. The van der Waals surface area contributed by atoms with Gasteiger partial charge in [-0.15, -0.1) is 0 Å². The first kappa shape index (κ1) is 25.7. The molecule has 0 amide bonds. The van der Waals surface area contributed by atoms with Gasteiger partial charge < -0.3 is 14.6 Å². The van der Waals surface area contributed by atoms with Crippen molar-refractivity contribution in [2.75, 3.05) is 20.2 Å². The number of hydrogen-bond acceptors (Lipinski definition) is 4. The van der Waals surface area contributed by atoms with Gasteiger partial charge in [0, 0.05) is 18.6 Å². The Labute approximate surface area is 212 Å². The average Bonchev–Trinajstić information content (AvgIpc) is 3.36. The molecule has 5 nitrogen and oxygen atoms in total. The molecule has 1 aliphatic rings. The van der Waals surface area contributed by atoms with Crippen molar-refractivity contribution in [1.82, 2.24) is 4.90 Å². The number of carboxylic acids is 1. The number of nitrogens with zero attached hydrogens (tertiary/aromatic N) is 1. The van der Waals surface area contributed by atoms with E-state index < -0.39 is 17.2 Å². The van der Waals surface area contributed by atoms with Crippen molar-refractivity contribution >= 4 is 5.97 Å². The Balaban J connectivity index is 1.52. The molecule has 1 heterocycles. The van der Waals surface area contributed by atoms with Gasteiger partial charge in [-0.2, -0.15) is 4.39 Å². The number of halogens is 1. The van der Waals surface area contributed by atoms with Crippen LogP contribution in [0.15, 0.2) is 78.9 Å². The van der Waals surface area contributed by atoms with Gasteiger partial charge in [-0.1, -0.05) is 66.7 Å². The van der Waals surface area contributed by atoms with Crippen molar-refractivity contribution < 1.29 is 23.8 Å². The van der Waals surface area contributed by atoms with E-state index >= 15 is 0 Å². The standard InChI is InChI=1S/C30H34FNO4/c1-29(2,32-20-17-24(21-32)36-26-16-10-15-25(35-3)27(26)31)18-19-30(28(33)34,22-11-6-4-7-12-22)23-13-8-5-9-14-23/h4-16,24H,17-21H2,1-3H3,(H,33,34)/t24-/m0/s1. The Hall–Kier alpha value is -3.38. The molecule has 1 aliphatic heterocycles. The highest BCUT2D eigenvalue weighted by atomic mass is 19.1. The molecule has 4 rings (SSSR count). The fourth-order valence-corrected chi connectivity index (χ4v) is 5.20. The first-order valence-electron chi connectivity index (χ1n) is 12.4. The Morgan fingerprint density at radius 3 is 2.08 bits per heavy atom. The molecule has 6 heteroatoms. The molecule has 1 N–H and O–H groups in total. The third kappa shape index (κ3) is 5.09. The highest BCUT2D eigenvalue weighted by Gasteiger charge is 2.44. The van der Waals surface area contributed by atoms with Crippen molar-refractivity contribution in [3.05, 3.63) is 95.8 Å². The van der Waals surface area contributed by atoms with Crippen LogP contribution in [0.1, 0.15) is 44.2 Å². The van der Waals surface area contributed by atoms with Crippen LogP contribution in [0.5, 0.6) is 11.5 Å². The highest BCUT2D eigenvalue weighted by Crippen LogP contribution is 2.40. The number of carbonyl (C=O) groups is 1. The fraction of sp³-hybridized carbons (Fsp3) is 0.367. The summed E-state index contributed by atoms with van der Waals surface area (Å²) in [6.07, 6.45) is 1.71. The molecule has 36 heavy (non-hydrogen) atoms. The van der Waals surface area contributed by atoms with E-state index in [0.717, 1.165) is 24.1 Å². The van der Waals surface area contributed by atoms with Crippen LogP contribution in [0.4, 0.5) is 4.39 Å². The number of likely N-dealkylation sites (tertiary alicyclic amines) is 1. The molecular formula is C30H34FNO4. The van der Waals surface area contributed by atoms with E-state index in [-0.39, 0.29) is 23.1 Å². The number of ether oxygens (including phenoxy) is 2. The molecule has 0 aliphatic carbocycles. The van der Waals surface area contributed by atoms with Gasteiger partial charge in [0.1, 0.15) is 11.5 Å². The van der Waals surface area contributed by atoms with E-state index in [2.05, 4.69) is 18.7 Å². The smallest absolute Gasteiger partial charge is 0.318 e. The Morgan fingerprint density at radius 2 is 1.53 bits per heavy atom. The normalized spacial score (nSPS) is 16.6. The minimum Gasteiger partial charge on any atom is -0.494 e. The van der Waals surface area contributed by atoms with E-state index in [1.165, 1.54) is 7.11 Å². The number of aliphatic carboxylic acids is 1. The van der Waals surface area contributed by atoms with Gasteiger partial charge in [-0.05, 0) is 56.4 Å². The second-order valence-electron chi connectivity index (χ2n) is 10.0. The van der Waals surface area contributed by atoms with Gasteiger partial charge in [0.15, 0.2) is 11.5 Å². The Bertz CT molecular complexity index is 1130. The SMILES string of the molecule is COc1cccc(O[C@H]2CCN(C(C)(C)CCC(C(=O)O)(c3ccccc3)c3ccccc3)C2)c1F. The van der Waals surface area contributed by atoms with Gasteiger partial charge in [-0.25, -0.2) is 0 Å². The van der Waals surface area contributed by atoms with Gasteiger partial charge in [0.25, 0.3) is 0 Å². The van der Waals surface area contributed by atoms with Crippen LogP contribution in [-0.2, 0) is 10.2 Å². The summed E-state index contributed by atoms with van der Waals surface area (Å²) in [6.45, 7) is 5.72. The lowest BCUT2D eigenvalue weighted by atomic mass is 9.69. The van der Waals surface area contributed by atoms with Crippen LogP contribution in [0, 0.1) is 5.82 Å². The van der Waals surface area contributed by atoms with Crippen molar-refractivity contribution in [1.29, 1.82) is 0 Å². The minimum absolute atomic E-state index is 0.154. The first-order valence-corrected chi connectivity index (χ1v) is 12.4. The van der Waals surface area contributed by atoms with Gasteiger partial charge >= 0.3 is 5.97 Å². The molecule has 1 saturated heterocycles. The second-order valence-corrected chi connectivity index (χ2v) is 10.0. The lowest BCUT2D eigenvalue weighted by Crippen LogP contribution is -2.46. The van der Waals surface area contributed by atoms with Crippen LogP contribution >= 0.6 is 0 Å². The van der Waals surface area contributed by atoms with E-state index in [0.29, 0.717) is 19.4 Å². The molecule has 1 atom stereocenters. The summed E-state index contributed by atoms with van der Waals surface area (Å²) in [5.74, 6) is -0.993. The number of hydrogen-bond donors (Lipinski definition) is 1. The maximum atomic E-state index is 14.6. The second kappa shape index (κ2) is 10.7. The first-order chi connectivity index (χ1) is 17.3. The zero-order valence-corrected chi connectivity index (χ0v) is 21.1. The van der Waals surface area contributed by atoms with Crippen molar-refractivity contribution in [3.63, 3.8) is 0 Å². The zero-order valence-electron chi connectivity index (χ0n) is 21.1. The summed E-state index contributed by atoms with van der Waals surface area (Å²) >= 11 is 0. The third-order valence-corrected chi connectivity index (χ3v) is 7.45. The zero-order chi connectivity index (χ0) is 25.8. The molecule has 0 aromatic heterocycles. The number of rotatable bonds is 10. The lowest BCUT2D eigenvalue weighted by Gasteiger charge is -2.39.